The van der Waals surface area contributed by atoms with Crippen molar-refractivity contribution in [3.8, 4) is 0 Å². The second kappa shape index (κ2) is 11.2. The first-order valence-electron chi connectivity index (χ1n) is 8.36. The molecule has 2 N–H and O–H groups in total. The Morgan fingerprint density at radius 1 is 1.31 bits per heavy atom. The number of aliphatic imine (C=N–C) groups is 1. The molecule has 1 aliphatic heterocycles. The highest BCUT2D eigenvalue weighted by molar-refractivity contribution is 14.0. The van der Waals surface area contributed by atoms with Gasteiger partial charge in [-0.3, -0.25) is 4.90 Å². The summed E-state index contributed by atoms with van der Waals surface area (Å²) >= 11 is 1.69. The zero-order valence-electron chi connectivity index (χ0n) is 15.0. The summed E-state index contributed by atoms with van der Waals surface area (Å²) in [5.41, 5.74) is 1.10. The van der Waals surface area contributed by atoms with Crippen molar-refractivity contribution in [2.75, 3.05) is 32.4 Å². The van der Waals surface area contributed by atoms with Crippen LogP contribution in [0.25, 0.3) is 0 Å². The van der Waals surface area contributed by atoms with Crippen LogP contribution >= 0.6 is 35.7 Å². The Labute approximate surface area is 174 Å². The quantitative estimate of drug-likeness (QED) is 0.269. The van der Waals surface area contributed by atoms with E-state index < -0.39 is 12.7 Å². The molecule has 4 nitrogen and oxygen atoms in total. The van der Waals surface area contributed by atoms with Crippen molar-refractivity contribution < 1.29 is 13.2 Å². The van der Waals surface area contributed by atoms with Gasteiger partial charge in [0.25, 0.3) is 0 Å². The molecule has 0 spiro atoms. The van der Waals surface area contributed by atoms with Crippen LogP contribution in [-0.2, 0) is 6.54 Å². The highest BCUT2D eigenvalue weighted by Gasteiger charge is 2.34. The van der Waals surface area contributed by atoms with Crippen LogP contribution in [0.3, 0.4) is 0 Å². The van der Waals surface area contributed by atoms with Gasteiger partial charge in [-0.05, 0) is 37.3 Å². The fourth-order valence-electron chi connectivity index (χ4n) is 2.76. The summed E-state index contributed by atoms with van der Waals surface area (Å²) in [6.45, 7) is 3.19. The third-order valence-corrected chi connectivity index (χ3v) is 4.68. The molecule has 1 fully saturated rings. The molecule has 1 aliphatic rings. The molecule has 1 aromatic rings. The number of alkyl halides is 3. The predicted octanol–water partition coefficient (Wildman–Crippen LogP) is 3.72. The van der Waals surface area contributed by atoms with Crippen molar-refractivity contribution in [2.24, 2.45) is 4.99 Å². The number of nitrogens with one attached hydrogen (secondary N) is 2. The summed E-state index contributed by atoms with van der Waals surface area (Å²) in [5, 5.41) is 6.41. The third kappa shape index (κ3) is 8.34. The molecule has 1 saturated heterocycles. The maximum Gasteiger partial charge on any atom is 0.401 e. The molecule has 1 atom stereocenters. The Morgan fingerprint density at radius 2 is 2.00 bits per heavy atom. The van der Waals surface area contributed by atoms with Gasteiger partial charge in [-0.15, -0.1) is 35.7 Å². The molecule has 2 rings (SSSR count). The van der Waals surface area contributed by atoms with Gasteiger partial charge in [0.1, 0.15) is 0 Å². The van der Waals surface area contributed by atoms with Gasteiger partial charge < -0.3 is 10.6 Å². The van der Waals surface area contributed by atoms with Crippen molar-refractivity contribution >= 4 is 41.7 Å². The fourth-order valence-corrected chi connectivity index (χ4v) is 3.17. The van der Waals surface area contributed by atoms with E-state index in [2.05, 4.69) is 27.8 Å². The minimum Gasteiger partial charge on any atom is -0.357 e. The lowest BCUT2D eigenvalue weighted by molar-refractivity contribution is -0.143. The van der Waals surface area contributed by atoms with Gasteiger partial charge in [0, 0.05) is 30.6 Å². The van der Waals surface area contributed by atoms with Crippen LogP contribution in [0.2, 0.25) is 0 Å². The van der Waals surface area contributed by atoms with Gasteiger partial charge in [-0.2, -0.15) is 13.2 Å². The van der Waals surface area contributed by atoms with Gasteiger partial charge in [0.2, 0.25) is 0 Å². The SMILES string of the molecule is CCNC(=NCc1ccc(SC)cc1)NC1CCN(CC(F)(F)F)C1.I. The van der Waals surface area contributed by atoms with E-state index in [4.69, 9.17) is 0 Å². The maximum absolute atomic E-state index is 12.5. The van der Waals surface area contributed by atoms with Crippen molar-refractivity contribution in [3.63, 3.8) is 0 Å². The second-order valence-electron chi connectivity index (χ2n) is 6.02. The molecule has 1 aromatic carbocycles. The summed E-state index contributed by atoms with van der Waals surface area (Å²) in [7, 11) is 0. The van der Waals surface area contributed by atoms with Crippen molar-refractivity contribution in [1.82, 2.24) is 15.5 Å². The highest BCUT2D eigenvalue weighted by atomic mass is 127. The van der Waals surface area contributed by atoms with Gasteiger partial charge >= 0.3 is 6.18 Å². The molecule has 1 unspecified atom stereocenters. The van der Waals surface area contributed by atoms with E-state index in [9.17, 15) is 13.2 Å². The topological polar surface area (TPSA) is 39.7 Å². The second-order valence-corrected chi connectivity index (χ2v) is 6.90. The summed E-state index contributed by atoms with van der Waals surface area (Å²) in [5.74, 6) is 0.648. The fraction of sp³-hybridized carbons (Fsp3) is 0.588. The number of guanidine groups is 1. The zero-order valence-corrected chi connectivity index (χ0v) is 18.1. The molecule has 0 bridgehead atoms. The van der Waals surface area contributed by atoms with Crippen LogP contribution < -0.4 is 10.6 Å². The Kier molecular flexibility index (Phi) is 10.1. The first kappa shape index (κ1) is 23.4. The molecule has 9 heteroatoms. The van der Waals surface area contributed by atoms with Crippen LogP contribution in [0.15, 0.2) is 34.2 Å². The minimum absolute atomic E-state index is 0. The molecule has 0 aliphatic carbocycles. The number of nitrogens with zero attached hydrogens (tertiary/aromatic N) is 2. The number of halogens is 4. The first-order valence-corrected chi connectivity index (χ1v) is 9.59. The van der Waals surface area contributed by atoms with Gasteiger partial charge in [-0.1, -0.05) is 12.1 Å². The maximum atomic E-state index is 12.5. The number of benzene rings is 1. The van der Waals surface area contributed by atoms with Gasteiger partial charge in [0.05, 0.1) is 13.1 Å². The van der Waals surface area contributed by atoms with Crippen molar-refractivity contribution in [1.29, 1.82) is 0 Å². The Bertz CT molecular complexity index is 566. The molecular formula is C17H26F3IN4S. The minimum atomic E-state index is -4.14. The molecule has 1 heterocycles. The zero-order chi connectivity index (χ0) is 18.3. The molecule has 0 radical (unpaired) electrons. The smallest absolute Gasteiger partial charge is 0.357 e. The van der Waals surface area contributed by atoms with E-state index in [0.29, 0.717) is 38.6 Å². The number of likely N-dealkylation sites (tertiary alicyclic amines) is 1. The Morgan fingerprint density at radius 3 is 2.58 bits per heavy atom. The van der Waals surface area contributed by atoms with E-state index >= 15 is 0 Å². The monoisotopic (exact) mass is 502 g/mol. The van der Waals surface area contributed by atoms with Crippen LogP contribution in [0.4, 0.5) is 13.2 Å². The molecule has 26 heavy (non-hydrogen) atoms. The third-order valence-electron chi connectivity index (χ3n) is 3.94. The van der Waals surface area contributed by atoms with E-state index in [1.165, 1.54) is 9.80 Å². The average molecular weight is 502 g/mol. The molecule has 0 amide bonds. The van der Waals surface area contributed by atoms with Crippen LogP contribution in [-0.4, -0.2) is 55.5 Å². The van der Waals surface area contributed by atoms with Crippen LogP contribution in [0.1, 0.15) is 18.9 Å². The van der Waals surface area contributed by atoms with Crippen molar-refractivity contribution in [2.45, 2.75) is 37.0 Å². The molecular weight excluding hydrogens is 476 g/mol. The van der Waals surface area contributed by atoms with Crippen LogP contribution in [0, 0.1) is 0 Å². The summed E-state index contributed by atoms with van der Waals surface area (Å²) in [6.07, 6.45) is -1.43. The molecule has 0 aromatic heterocycles. The predicted molar refractivity (Wildman–Crippen MR) is 112 cm³/mol. The van der Waals surface area contributed by atoms with E-state index in [1.54, 1.807) is 11.8 Å². The van der Waals surface area contributed by atoms with E-state index in [1.807, 2.05) is 25.3 Å². The number of hydrogen-bond donors (Lipinski definition) is 2. The lowest BCUT2D eigenvalue weighted by Crippen LogP contribution is -2.45. The van der Waals surface area contributed by atoms with Crippen molar-refractivity contribution in [3.05, 3.63) is 29.8 Å². The van der Waals surface area contributed by atoms with Gasteiger partial charge in [0.15, 0.2) is 5.96 Å². The normalized spacial score (nSPS) is 18.5. The Balaban J connectivity index is 0.00000338. The highest BCUT2D eigenvalue weighted by Crippen LogP contribution is 2.20. The van der Waals surface area contributed by atoms with Crippen LogP contribution in [0.5, 0.6) is 0 Å². The van der Waals surface area contributed by atoms with E-state index in [-0.39, 0.29) is 30.0 Å². The number of thioether (sulfide) groups is 1. The average Bonchev–Trinajstić information content (AvgIpc) is 2.98. The number of hydrogen-bond acceptors (Lipinski definition) is 3. The van der Waals surface area contributed by atoms with E-state index in [0.717, 1.165) is 5.56 Å². The number of rotatable bonds is 6. The summed E-state index contributed by atoms with van der Waals surface area (Å²) in [4.78, 5) is 7.18. The van der Waals surface area contributed by atoms with Gasteiger partial charge in [-0.25, -0.2) is 4.99 Å². The lowest BCUT2D eigenvalue weighted by Gasteiger charge is -2.19. The lowest BCUT2D eigenvalue weighted by atomic mass is 10.2. The first-order chi connectivity index (χ1) is 11.9. The Hall–Kier alpha value is -0.680. The summed E-state index contributed by atoms with van der Waals surface area (Å²) < 4.78 is 37.4. The molecule has 0 saturated carbocycles. The standard InChI is InChI=1S/C17H25F3N4S.HI/c1-3-21-16(22-10-13-4-6-15(25-2)7-5-13)23-14-8-9-24(11-14)12-17(18,19)20;/h4-7,14H,3,8-12H2,1-2H3,(H2,21,22,23);1H. The largest absolute Gasteiger partial charge is 0.401 e. The summed E-state index contributed by atoms with van der Waals surface area (Å²) in [6, 6.07) is 8.18. The molecule has 148 valence electrons.